The summed E-state index contributed by atoms with van der Waals surface area (Å²) < 4.78 is 0. The SMILES string of the molecule is O=C(O)[C@@H]1CN(C(=O)CSCC2CC2)C[C@H]1c1ccncc1. The molecule has 2 fully saturated rings. The summed E-state index contributed by atoms with van der Waals surface area (Å²) in [5.41, 5.74) is 0.948. The number of aromatic nitrogens is 1. The van der Waals surface area contributed by atoms with Crippen molar-refractivity contribution in [3.8, 4) is 0 Å². The first-order chi connectivity index (χ1) is 10.6. The second-order valence-corrected chi connectivity index (χ2v) is 7.12. The van der Waals surface area contributed by atoms with Crippen LogP contribution in [0.1, 0.15) is 24.3 Å². The molecular formula is C16H20N2O3S. The van der Waals surface area contributed by atoms with Crippen LogP contribution in [0.15, 0.2) is 24.5 Å². The van der Waals surface area contributed by atoms with Crippen molar-refractivity contribution in [2.75, 3.05) is 24.6 Å². The Hall–Kier alpha value is -1.56. The lowest BCUT2D eigenvalue weighted by atomic mass is 9.90. The molecule has 5 nitrogen and oxygen atoms in total. The molecule has 6 heteroatoms. The molecule has 1 aromatic rings. The van der Waals surface area contributed by atoms with Gasteiger partial charge in [0.25, 0.3) is 0 Å². The van der Waals surface area contributed by atoms with E-state index in [1.54, 1.807) is 29.1 Å². The molecule has 118 valence electrons. The molecule has 22 heavy (non-hydrogen) atoms. The number of nitrogens with zero attached hydrogens (tertiary/aromatic N) is 2. The van der Waals surface area contributed by atoms with E-state index in [1.807, 2.05) is 12.1 Å². The van der Waals surface area contributed by atoms with Crippen LogP contribution in [-0.4, -0.2) is 51.5 Å². The van der Waals surface area contributed by atoms with Crippen LogP contribution in [-0.2, 0) is 9.59 Å². The van der Waals surface area contributed by atoms with Crippen LogP contribution in [0.2, 0.25) is 0 Å². The van der Waals surface area contributed by atoms with Gasteiger partial charge in [0, 0.05) is 31.4 Å². The second-order valence-electron chi connectivity index (χ2n) is 6.09. The van der Waals surface area contributed by atoms with Gasteiger partial charge in [-0.15, -0.1) is 0 Å². The number of likely N-dealkylation sites (tertiary alicyclic amines) is 1. The molecule has 1 amide bonds. The van der Waals surface area contributed by atoms with E-state index in [4.69, 9.17) is 0 Å². The van der Waals surface area contributed by atoms with Crippen LogP contribution in [0.4, 0.5) is 0 Å². The quantitative estimate of drug-likeness (QED) is 0.866. The number of thioether (sulfide) groups is 1. The number of carboxylic acids is 1. The molecule has 3 rings (SSSR count). The largest absolute Gasteiger partial charge is 0.481 e. The molecule has 1 saturated heterocycles. The molecule has 1 N–H and O–H groups in total. The third-order valence-electron chi connectivity index (χ3n) is 4.40. The van der Waals surface area contributed by atoms with E-state index < -0.39 is 11.9 Å². The Morgan fingerprint density at radius 3 is 2.64 bits per heavy atom. The minimum absolute atomic E-state index is 0.0634. The molecule has 0 bridgehead atoms. The van der Waals surface area contributed by atoms with Crippen LogP contribution in [0.3, 0.4) is 0 Å². The molecular weight excluding hydrogens is 300 g/mol. The highest BCUT2D eigenvalue weighted by molar-refractivity contribution is 7.99. The lowest BCUT2D eigenvalue weighted by Gasteiger charge is -2.16. The van der Waals surface area contributed by atoms with Crippen molar-refractivity contribution in [1.29, 1.82) is 0 Å². The summed E-state index contributed by atoms with van der Waals surface area (Å²) in [5, 5.41) is 9.44. The predicted octanol–water partition coefficient (Wildman–Crippen LogP) is 1.85. The monoisotopic (exact) mass is 320 g/mol. The second kappa shape index (κ2) is 6.69. The minimum Gasteiger partial charge on any atom is -0.481 e. The van der Waals surface area contributed by atoms with E-state index in [2.05, 4.69) is 4.98 Å². The molecule has 2 atom stereocenters. The van der Waals surface area contributed by atoms with Gasteiger partial charge in [-0.05, 0) is 42.2 Å². The van der Waals surface area contributed by atoms with Crippen molar-refractivity contribution in [2.45, 2.75) is 18.8 Å². The maximum absolute atomic E-state index is 12.3. The Bertz CT molecular complexity index is 548. The Balaban J connectivity index is 1.62. The fourth-order valence-electron chi connectivity index (χ4n) is 2.89. The predicted molar refractivity (Wildman–Crippen MR) is 84.7 cm³/mol. The molecule has 1 aliphatic heterocycles. The van der Waals surface area contributed by atoms with Crippen molar-refractivity contribution in [2.24, 2.45) is 11.8 Å². The van der Waals surface area contributed by atoms with Crippen LogP contribution in [0, 0.1) is 11.8 Å². The molecule has 0 unspecified atom stereocenters. The van der Waals surface area contributed by atoms with Crippen molar-refractivity contribution >= 4 is 23.6 Å². The number of rotatable bonds is 6. The van der Waals surface area contributed by atoms with E-state index in [-0.39, 0.29) is 11.8 Å². The van der Waals surface area contributed by atoms with Gasteiger partial charge >= 0.3 is 5.97 Å². The maximum Gasteiger partial charge on any atom is 0.308 e. The van der Waals surface area contributed by atoms with Gasteiger partial charge in [0.05, 0.1) is 11.7 Å². The van der Waals surface area contributed by atoms with E-state index in [9.17, 15) is 14.7 Å². The minimum atomic E-state index is -0.831. The molecule has 2 aliphatic rings. The highest BCUT2D eigenvalue weighted by Crippen LogP contribution is 2.34. The van der Waals surface area contributed by atoms with Gasteiger partial charge in [-0.25, -0.2) is 0 Å². The standard InChI is InChI=1S/C16H20N2O3S/c19-15(10-22-9-11-1-2-11)18-7-13(14(8-18)16(20)21)12-3-5-17-6-4-12/h3-6,11,13-14H,1-2,7-10H2,(H,20,21)/t13-,14+/m0/s1. The number of hydrogen-bond donors (Lipinski definition) is 1. The summed E-state index contributed by atoms with van der Waals surface area (Å²) in [7, 11) is 0. The Kier molecular flexibility index (Phi) is 4.66. The summed E-state index contributed by atoms with van der Waals surface area (Å²) in [4.78, 5) is 29.5. The number of carboxylic acid groups (broad SMARTS) is 1. The lowest BCUT2D eigenvalue weighted by molar-refractivity contribution is -0.141. The van der Waals surface area contributed by atoms with Crippen LogP contribution in [0.5, 0.6) is 0 Å². The van der Waals surface area contributed by atoms with Crippen molar-refractivity contribution < 1.29 is 14.7 Å². The number of amides is 1. The summed E-state index contributed by atoms with van der Waals surface area (Å²) in [6, 6.07) is 3.69. The Morgan fingerprint density at radius 2 is 2.00 bits per heavy atom. The van der Waals surface area contributed by atoms with Crippen LogP contribution < -0.4 is 0 Å². The van der Waals surface area contributed by atoms with Gasteiger partial charge in [0.1, 0.15) is 0 Å². The number of carbonyl (C=O) groups excluding carboxylic acids is 1. The molecule has 1 saturated carbocycles. The fraction of sp³-hybridized carbons (Fsp3) is 0.562. The van der Waals surface area contributed by atoms with Gasteiger partial charge < -0.3 is 10.0 Å². The van der Waals surface area contributed by atoms with Crippen LogP contribution in [0.25, 0.3) is 0 Å². The van der Waals surface area contributed by atoms with Crippen LogP contribution >= 0.6 is 11.8 Å². The first-order valence-corrected chi connectivity index (χ1v) is 8.79. The zero-order valence-electron chi connectivity index (χ0n) is 12.4. The molecule has 0 radical (unpaired) electrons. The summed E-state index contributed by atoms with van der Waals surface area (Å²) in [6.45, 7) is 0.801. The molecule has 0 aromatic carbocycles. The van der Waals surface area contributed by atoms with E-state index in [0.29, 0.717) is 18.8 Å². The first-order valence-electron chi connectivity index (χ1n) is 7.63. The average molecular weight is 320 g/mol. The smallest absolute Gasteiger partial charge is 0.308 e. The van der Waals surface area contributed by atoms with E-state index in [0.717, 1.165) is 17.2 Å². The lowest BCUT2D eigenvalue weighted by Crippen LogP contribution is -2.31. The number of hydrogen-bond acceptors (Lipinski definition) is 4. The topological polar surface area (TPSA) is 70.5 Å². The molecule has 0 spiro atoms. The van der Waals surface area contributed by atoms with Crippen molar-refractivity contribution in [3.63, 3.8) is 0 Å². The highest BCUT2D eigenvalue weighted by atomic mass is 32.2. The zero-order valence-corrected chi connectivity index (χ0v) is 13.2. The first kappa shape index (κ1) is 15.3. The highest BCUT2D eigenvalue weighted by Gasteiger charge is 2.40. The number of carbonyl (C=O) groups is 2. The van der Waals surface area contributed by atoms with E-state index in [1.165, 1.54) is 12.8 Å². The van der Waals surface area contributed by atoms with Gasteiger partial charge in [0.15, 0.2) is 0 Å². The van der Waals surface area contributed by atoms with Crippen molar-refractivity contribution in [1.82, 2.24) is 9.88 Å². The Labute approximate surface area is 134 Å². The molecule has 1 aromatic heterocycles. The zero-order chi connectivity index (χ0) is 15.5. The van der Waals surface area contributed by atoms with E-state index >= 15 is 0 Å². The average Bonchev–Trinajstić information content (AvgIpc) is 3.23. The maximum atomic E-state index is 12.3. The van der Waals surface area contributed by atoms with Gasteiger partial charge in [-0.3, -0.25) is 14.6 Å². The summed E-state index contributed by atoms with van der Waals surface area (Å²) in [6.07, 6.45) is 5.92. The van der Waals surface area contributed by atoms with Gasteiger partial charge in [-0.2, -0.15) is 11.8 Å². The van der Waals surface area contributed by atoms with Crippen molar-refractivity contribution in [3.05, 3.63) is 30.1 Å². The summed E-state index contributed by atoms with van der Waals surface area (Å²) >= 11 is 1.68. The third-order valence-corrected chi connectivity index (χ3v) is 5.56. The molecule has 1 aliphatic carbocycles. The normalized spacial score (nSPS) is 24.5. The van der Waals surface area contributed by atoms with Gasteiger partial charge in [0.2, 0.25) is 5.91 Å². The Morgan fingerprint density at radius 1 is 1.27 bits per heavy atom. The van der Waals surface area contributed by atoms with Gasteiger partial charge in [-0.1, -0.05) is 0 Å². The molecule has 2 heterocycles. The fourth-order valence-corrected chi connectivity index (χ4v) is 4.04. The summed E-state index contributed by atoms with van der Waals surface area (Å²) in [5.74, 6) is 0.878. The third kappa shape index (κ3) is 3.61. The number of pyridine rings is 1. The number of aliphatic carboxylic acids is 1.